The number of piperazine rings is 1. The Hall–Kier alpha value is -3.05. The standard InChI is InChI=1S/C24H25FN4O2S/c1-17(30)19-3-5-23(21(25)15-19)27-6-8-29(9-7-27)24(31)20-14-18(16-26)2-4-22(20)28-10-12-32-13-11-28/h2-5,14-15H,6-13H2,1H3. The smallest absolute Gasteiger partial charge is 0.256 e. The van der Waals surface area contributed by atoms with Gasteiger partial charge in [-0.2, -0.15) is 17.0 Å². The van der Waals surface area contributed by atoms with Gasteiger partial charge in [0.2, 0.25) is 0 Å². The summed E-state index contributed by atoms with van der Waals surface area (Å²) in [7, 11) is 0. The van der Waals surface area contributed by atoms with Gasteiger partial charge in [0, 0.05) is 62.0 Å². The van der Waals surface area contributed by atoms with Crippen molar-refractivity contribution in [1.82, 2.24) is 4.90 Å². The Morgan fingerprint density at radius 3 is 2.22 bits per heavy atom. The fraction of sp³-hybridized carbons (Fsp3) is 0.375. The molecule has 0 bridgehead atoms. The molecule has 2 fully saturated rings. The number of hydrogen-bond acceptors (Lipinski definition) is 6. The lowest BCUT2D eigenvalue weighted by Crippen LogP contribution is -2.49. The van der Waals surface area contributed by atoms with E-state index in [1.807, 2.05) is 22.7 Å². The lowest BCUT2D eigenvalue weighted by molar-refractivity contribution is 0.0747. The van der Waals surface area contributed by atoms with E-state index in [1.54, 1.807) is 29.2 Å². The third-order valence-electron chi connectivity index (χ3n) is 5.97. The molecule has 2 saturated heterocycles. The number of benzene rings is 2. The maximum atomic E-state index is 14.5. The van der Waals surface area contributed by atoms with E-state index in [2.05, 4.69) is 11.0 Å². The van der Waals surface area contributed by atoms with Gasteiger partial charge in [-0.1, -0.05) is 0 Å². The molecule has 2 aliphatic heterocycles. The number of anilines is 2. The molecule has 1 amide bonds. The quantitative estimate of drug-likeness (QED) is 0.663. The number of halogens is 1. The van der Waals surface area contributed by atoms with Gasteiger partial charge in [0.25, 0.3) is 5.91 Å². The van der Waals surface area contributed by atoms with Crippen LogP contribution in [0.1, 0.15) is 33.2 Å². The average molecular weight is 453 g/mol. The third-order valence-corrected chi connectivity index (χ3v) is 6.91. The number of nitriles is 1. The second kappa shape index (κ2) is 9.61. The van der Waals surface area contributed by atoms with Crippen molar-refractivity contribution in [3.05, 3.63) is 58.9 Å². The fourth-order valence-corrected chi connectivity index (χ4v) is 5.06. The van der Waals surface area contributed by atoms with Crippen molar-refractivity contribution >= 4 is 34.8 Å². The summed E-state index contributed by atoms with van der Waals surface area (Å²) in [6.07, 6.45) is 0. The molecule has 2 aliphatic rings. The molecule has 6 nitrogen and oxygen atoms in total. The van der Waals surface area contributed by atoms with Crippen molar-refractivity contribution in [2.75, 3.05) is 60.6 Å². The van der Waals surface area contributed by atoms with E-state index in [-0.39, 0.29) is 11.7 Å². The molecule has 2 aromatic carbocycles. The summed E-state index contributed by atoms with van der Waals surface area (Å²) in [5.41, 5.74) is 2.69. The number of Topliss-reactive ketones (excluding diaryl/α,β-unsaturated/α-hetero) is 1. The van der Waals surface area contributed by atoms with Gasteiger partial charge in [0.15, 0.2) is 5.78 Å². The van der Waals surface area contributed by atoms with Crippen LogP contribution in [0.5, 0.6) is 0 Å². The molecule has 2 heterocycles. The van der Waals surface area contributed by atoms with Crippen LogP contribution in [0.4, 0.5) is 15.8 Å². The lowest BCUT2D eigenvalue weighted by Gasteiger charge is -2.37. The Balaban J connectivity index is 1.50. The van der Waals surface area contributed by atoms with Crippen LogP contribution in [0.3, 0.4) is 0 Å². The molecule has 2 aromatic rings. The Morgan fingerprint density at radius 1 is 0.938 bits per heavy atom. The van der Waals surface area contributed by atoms with Crippen molar-refractivity contribution in [2.45, 2.75) is 6.92 Å². The van der Waals surface area contributed by atoms with Crippen LogP contribution in [-0.4, -0.2) is 67.4 Å². The van der Waals surface area contributed by atoms with E-state index in [9.17, 15) is 19.2 Å². The van der Waals surface area contributed by atoms with Crippen LogP contribution in [0.25, 0.3) is 0 Å². The molecule has 8 heteroatoms. The summed E-state index contributed by atoms with van der Waals surface area (Å²) in [5, 5.41) is 9.34. The number of thioether (sulfide) groups is 1. The highest BCUT2D eigenvalue weighted by atomic mass is 32.2. The lowest BCUT2D eigenvalue weighted by atomic mass is 10.1. The Morgan fingerprint density at radius 2 is 1.59 bits per heavy atom. The predicted molar refractivity (Wildman–Crippen MR) is 125 cm³/mol. The molecule has 0 N–H and O–H groups in total. The van der Waals surface area contributed by atoms with E-state index in [0.29, 0.717) is 48.6 Å². The topological polar surface area (TPSA) is 67.6 Å². The van der Waals surface area contributed by atoms with Crippen LogP contribution in [0.2, 0.25) is 0 Å². The van der Waals surface area contributed by atoms with E-state index in [4.69, 9.17) is 0 Å². The van der Waals surface area contributed by atoms with Gasteiger partial charge in [0.1, 0.15) is 5.82 Å². The van der Waals surface area contributed by atoms with E-state index < -0.39 is 5.82 Å². The molecule has 0 aliphatic carbocycles. The highest BCUT2D eigenvalue weighted by molar-refractivity contribution is 7.99. The van der Waals surface area contributed by atoms with Gasteiger partial charge >= 0.3 is 0 Å². The highest BCUT2D eigenvalue weighted by Crippen LogP contribution is 2.28. The molecule has 0 atom stereocenters. The molecule has 0 saturated carbocycles. The number of nitrogens with zero attached hydrogens (tertiary/aromatic N) is 4. The number of hydrogen-bond donors (Lipinski definition) is 0. The van der Waals surface area contributed by atoms with Gasteiger partial charge < -0.3 is 14.7 Å². The molecular formula is C24H25FN4O2S. The zero-order valence-electron chi connectivity index (χ0n) is 18.0. The minimum absolute atomic E-state index is 0.0950. The normalized spacial score (nSPS) is 16.6. The summed E-state index contributed by atoms with van der Waals surface area (Å²) < 4.78 is 14.5. The summed E-state index contributed by atoms with van der Waals surface area (Å²) >= 11 is 1.90. The first-order valence-corrected chi connectivity index (χ1v) is 11.8. The second-order valence-corrected chi connectivity index (χ2v) is 9.17. The van der Waals surface area contributed by atoms with Crippen LogP contribution >= 0.6 is 11.8 Å². The van der Waals surface area contributed by atoms with Crippen LogP contribution in [-0.2, 0) is 0 Å². The molecule has 0 spiro atoms. The zero-order valence-corrected chi connectivity index (χ0v) is 18.8. The van der Waals surface area contributed by atoms with Crippen molar-refractivity contribution in [2.24, 2.45) is 0 Å². The van der Waals surface area contributed by atoms with Gasteiger partial charge in [-0.3, -0.25) is 9.59 Å². The van der Waals surface area contributed by atoms with Crippen molar-refractivity contribution < 1.29 is 14.0 Å². The number of rotatable bonds is 4. The SMILES string of the molecule is CC(=O)c1ccc(N2CCN(C(=O)c3cc(C#N)ccc3N3CCSCC3)CC2)c(F)c1. The van der Waals surface area contributed by atoms with E-state index in [1.165, 1.54) is 13.0 Å². The summed E-state index contributed by atoms with van der Waals surface area (Å²) in [6.45, 7) is 5.07. The molecule has 4 rings (SSSR count). The molecule has 0 radical (unpaired) electrons. The van der Waals surface area contributed by atoms with Crippen molar-refractivity contribution in [3.8, 4) is 6.07 Å². The monoisotopic (exact) mass is 452 g/mol. The largest absolute Gasteiger partial charge is 0.369 e. The molecule has 0 unspecified atom stereocenters. The van der Waals surface area contributed by atoms with Crippen LogP contribution in [0, 0.1) is 17.1 Å². The predicted octanol–water partition coefficient (Wildman–Crippen LogP) is 3.42. The summed E-state index contributed by atoms with van der Waals surface area (Å²) in [5.74, 6) is 1.33. The Labute approximate surface area is 191 Å². The van der Waals surface area contributed by atoms with Gasteiger partial charge in [-0.05, 0) is 43.3 Å². The second-order valence-electron chi connectivity index (χ2n) is 7.94. The Kier molecular flexibility index (Phi) is 6.66. The number of carbonyl (C=O) groups is 2. The number of carbonyl (C=O) groups excluding carboxylic acids is 2. The summed E-state index contributed by atoms with van der Waals surface area (Å²) in [6, 6.07) is 12.0. The minimum atomic E-state index is -0.426. The maximum Gasteiger partial charge on any atom is 0.256 e. The van der Waals surface area contributed by atoms with Gasteiger partial charge in [-0.15, -0.1) is 0 Å². The Bertz CT molecular complexity index is 1070. The first-order valence-electron chi connectivity index (χ1n) is 10.7. The van der Waals surface area contributed by atoms with Gasteiger partial charge in [0.05, 0.1) is 22.9 Å². The van der Waals surface area contributed by atoms with E-state index >= 15 is 0 Å². The number of amides is 1. The highest BCUT2D eigenvalue weighted by Gasteiger charge is 2.27. The average Bonchev–Trinajstić information content (AvgIpc) is 2.83. The minimum Gasteiger partial charge on any atom is -0.369 e. The molecule has 166 valence electrons. The molecular weight excluding hydrogens is 427 g/mol. The summed E-state index contributed by atoms with van der Waals surface area (Å²) in [4.78, 5) is 30.8. The first kappa shape index (κ1) is 22.2. The zero-order chi connectivity index (χ0) is 22.7. The molecule has 0 aromatic heterocycles. The van der Waals surface area contributed by atoms with E-state index in [0.717, 1.165) is 30.3 Å². The first-order chi connectivity index (χ1) is 15.5. The van der Waals surface area contributed by atoms with Gasteiger partial charge in [-0.25, -0.2) is 4.39 Å². The number of ketones is 1. The third kappa shape index (κ3) is 4.58. The van der Waals surface area contributed by atoms with Crippen LogP contribution in [0.15, 0.2) is 36.4 Å². The molecule has 32 heavy (non-hydrogen) atoms. The van der Waals surface area contributed by atoms with Crippen molar-refractivity contribution in [3.63, 3.8) is 0 Å². The van der Waals surface area contributed by atoms with Crippen molar-refractivity contribution in [1.29, 1.82) is 5.26 Å². The van der Waals surface area contributed by atoms with Crippen LogP contribution < -0.4 is 9.80 Å². The maximum absolute atomic E-state index is 14.5. The fourth-order valence-electron chi connectivity index (χ4n) is 4.16.